The summed E-state index contributed by atoms with van der Waals surface area (Å²) in [6.07, 6.45) is 2.16. The van der Waals surface area contributed by atoms with Crippen LogP contribution in [-0.4, -0.2) is 74.7 Å². The van der Waals surface area contributed by atoms with Gasteiger partial charge in [-0.1, -0.05) is 0 Å². The molecule has 5 amide bonds. The molecule has 1 aromatic heterocycles. The number of primary amides is 2. The van der Waals surface area contributed by atoms with E-state index in [-0.39, 0.29) is 32.1 Å². The molecule has 0 spiro atoms. The summed E-state index contributed by atoms with van der Waals surface area (Å²) in [5.74, 6) is -5.02. The van der Waals surface area contributed by atoms with Gasteiger partial charge in [0.2, 0.25) is 29.5 Å². The third-order valence-electron chi connectivity index (χ3n) is 4.70. The molecule has 1 rings (SSSR count). The van der Waals surface area contributed by atoms with Gasteiger partial charge in [-0.25, -0.2) is 9.78 Å². The van der Waals surface area contributed by atoms with Gasteiger partial charge in [0.25, 0.3) is 0 Å². The number of carbonyl (C=O) groups excluding carboxylic acids is 5. The molecule has 4 atom stereocenters. The molecule has 15 heteroatoms. The lowest BCUT2D eigenvalue weighted by Crippen LogP contribution is -2.57. The molecule has 188 valence electrons. The van der Waals surface area contributed by atoms with Crippen LogP contribution < -0.4 is 33.2 Å². The second-order valence-electron chi connectivity index (χ2n) is 7.59. The maximum absolute atomic E-state index is 12.8. The lowest BCUT2D eigenvalue weighted by Gasteiger charge is -2.23. The summed E-state index contributed by atoms with van der Waals surface area (Å²) in [6.45, 7) is 1.31. The van der Waals surface area contributed by atoms with E-state index in [1.54, 1.807) is 0 Å². The molecule has 11 N–H and O–H groups in total. The number of carboxylic acid groups (broad SMARTS) is 1. The van der Waals surface area contributed by atoms with E-state index in [0.29, 0.717) is 5.69 Å². The van der Waals surface area contributed by atoms with E-state index in [1.807, 2.05) is 0 Å². The van der Waals surface area contributed by atoms with Crippen LogP contribution in [0.25, 0.3) is 0 Å². The minimum absolute atomic E-state index is 0.0230. The number of imidazole rings is 1. The van der Waals surface area contributed by atoms with Crippen molar-refractivity contribution in [2.24, 2.45) is 17.2 Å². The van der Waals surface area contributed by atoms with Crippen LogP contribution in [-0.2, 0) is 35.2 Å². The molecule has 0 aliphatic carbocycles. The molecule has 0 aliphatic rings. The third kappa shape index (κ3) is 10.1. The molecular formula is C19H30N8O7. The van der Waals surface area contributed by atoms with Gasteiger partial charge in [0.05, 0.1) is 12.4 Å². The fourth-order valence-corrected chi connectivity index (χ4v) is 2.75. The van der Waals surface area contributed by atoms with E-state index < -0.39 is 59.7 Å². The van der Waals surface area contributed by atoms with Crippen LogP contribution in [0.15, 0.2) is 12.5 Å². The van der Waals surface area contributed by atoms with Gasteiger partial charge in [0, 0.05) is 31.2 Å². The molecule has 15 nitrogen and oxygen atoms in total. The van der Waals surface area contributed by atoms with Gasteiger partial charge in [-0.15, -0.1) is 0 Å². The van der Waals surface area contributed by atoms with E-state index in [4.69, 9.17) is 17.2 Å². The Morgan fingerprint density at radius 2 is 1.53 bits per heavy atom. The third-order valence-corrected chi connectivity index (χ3v) is 4.70. The highest BCUT2D eigenvalue weighted by molar-refractivity contribution is 5.94. The number of nitrogens with one attached hydrogen (secondary N) is 4. The zero-order valence-corrected chi connectivity index (χ0v) is 18.6. The fourth-order valence-electron chi connectivity index (χ4n) is 2.75. The van der Waals surface area contributed by atoms with Gasteiger partial charge in [0.15, 0.2) is 0 Å². The molecule has 1 heterocycles. The fraction of sp³-hybridized carbons (Fsp3) is 0.526. The topological polar surface area (TPSA) is 265 Å². The van der Waals surface area contributed by atoms with E-state index in [0.717, 1.165) is 0 Å². The van der Waals surface area contributed by atoms with Crippen molar-refractivity contribution in [3.8, 4) is 0 Å². The number of nitrogens with zero attached hydrogens (tertiary/aromatic N) is 1. The molecule has 0 aromatic carbocycles. The first-order valence-electron chi connectivity index (χ1n) is 10.3. The van der Waals surface area contributed by atoms with Gasteiger partial charge < -0.3 is 43.2 Å². The molecular weight excluding hydrogens is 452 g/mol. The highest BCUT2D eigenvalue weighted by Crippen LogP contribution is 2.03. The summed E-state index contributed by atoms with van der Waals surface area (Å²) in [5, 5.41) is 16.3. The van der Waals surface area contributed by atoms with Crippen molar-refractivity contribution in [1.29, 1.82) is 0 Å². The van der Waals surface area contributed by atoms with Gasteiger partial charge in [-0.05, 0) is 19.8 Å². The molecule has 1 aromatic rings. The van der Waals surface area contributed by atoms with Crippen molar-refractivity contribution in [3.05, 3.63) is 18.2 Å². The number of aromatic nitrogens is 2. The van der Waals surface area contributed by atoms with Crippen molar-refractivity contribution in [1.82, 2.24) is 25.9 Å². The van der Waals surface area contributed by atoms with Crippen molar-refractivity contribution >= 4 is 35.5 Å². The quantitative estimate of drug-likeness (QED) is 0.122. The van der Waals surface area contributed by atoms with Crippen LogP contribution in [0.5, 0.6) is 0 Å². The van der Waals surface area contributed by atoms with Crippen LogP contribution in [0.1, 0.15) is 38.3 Å². The highest BCUT2D eigenvalue weighted by Gasteiger charge is 2.29. The van der Waals surface area contributed by atoms with E-state index in [1.165, 1.54) is 19.4 Å². The Hall–Kier alpha value is -4.01. The van der Waals surface area contributed by atoms with Gasteiger partial charge >= 0.3 is 5.97 Å². The number of rotatable bonds is 15. The maximum atomic E-state index is 12.8. The Bertz CT molecular complexity index is 889. The smallest absolute Gasteiger partial charge is 0.326 e. The Morgan fingerprint density at radius 1 is 0.941 bits per heavy atom. The number of hydrogen-bond acceptors (Lipinski definition) is 8. The Morgan fingerprint density at radius 3 is 2.06 bits per heavy atom. The number of carbonyl (C=O) groups is 6. The second kappa shape index (κ2) is 13.5. The number of nitrogens with two attached hydrogens (primary N) is 3. The first kappa shape index (κ1) is 28.0. The van der Waals surface area contributed by atoms with Crippen LogP contribution in [0.4, 0.5) is 0 Å². The van der Waals surface area contributed by atoms with Crippen LogP contribution in [0, 0.1) is 0 Å². The summed E-state index contributed by atoms with van der Waals surface area (Å²) in [4.78, 5) is 77.3. The minimum atomic E-state index is -1.39. The summed E-state index contributed by atoms with van der Waals surface area (Å²) >= 11 is 0. The second-order valence-corrected chi connectivity index (χ2v) is 7.59. The van der Waals surface area contributed by atoms with Crippen molar-refractivity contribution in [2.45, 2.75) is 63.2 Å². The number of amides is 5. The number of aromatic amines is 1. The number of hydrogen-bond donors (Lipinski definition) is 8. The van der Waals surface area contributed by atoms with E-state index in [9.17, 15) is 33.9 Å². The zero-order chi connectivity index (χ0) is 25.8. The maximum Gasteiger partial charge on any atom is 0.326 e. The van der Waals surface area contributed by atoms with Crippen LogP contribution >= 0.6 is 0 Å². The SMILES string of the molecule is CC(NC(=O)C(Cc1cnc[nH]1)NC(=O)C(N)CCC(N)=O)C(=O)NC(CCC(N)=O)C(=O)O. The first-order chi connectivity index (χ1) is 15.9. The normalized spacial score (nSPS) is 14.2. The van der Waals surface area contributed by atoms with Crippen molar-refractivity contribution in [3.63, 3.8) is 0 Å². The number of H-pyrrole nitrogens is 1. The van der Waals surface area contributed by atoms with Crippen LogP contribution in [0.3, 0.4) is 0 Å². The molecule has 0 saturated carbocycles. The molecule has 0 aliphatic heterocycles. The average Bonchev–Trinajstić information content (AvgIpc) is 3.26. The van der Waals surface area contributed by atoms with E-state index in [2.05, 4.69) is 25.9 Å². The molecule has 0 bridgehead atoms. The molecule has 4 unspecified atom stereocenters. The predicted molar refractivity (Wildman–Crippen MR) is 116 cm³/mol. The number of carboxylic acids is 1. The molecule has 34 heavy (non-hydrogen) atoms. The Kier molecular flexibility index (Phi) is 11.1. The molecule has 0 radical (unpaired) electrons. The minimum Gasteiger partial charge on any atom is -0.480 e. The Balaban J connectivity index is 2.82. The monoisotopic (exact) mass is 482 g/mol. The summed E-state index contributed by atoms with van der Waals surface area (Å²) in [7, 11) is 0. The Labute approximate surface area is 194 Å². The lowest BCUT2D eigenvalue weighted by molar-refractivity contribution is -0.142. The van der Waals surface area contributed by atoms with Gasteiger partial charge in [-0.2, -0.15) is 0 Å². The van der Waals surface area contributed by atoms with Gasteiger partial charge in [0.1, 0.15) is 18.1 Å². The van der Waals surface area contributed by atoms with E-state index >= 15 is 0 Å². The van der Waals surface area contributed by atoms with Crippen molar-refractivity contribution < 1.29 is 33.9 Å². The van der Waals surface area contributed by atoms with Gasteiger partial charge in [-0.3, -0.25) is 24.0 Å². The average molecular weight is 482 g/mol. The standard InChI is InChI=1S/C19H30N8O7/c1-9(16(30)26-12(19(33)34)3-5-15(22)29)25-18(32)13(6-10-7-23-8-24-10)27-17(31)11(20)2-4-14(21)28/h7-9,11-13H,2-6,20H2,1H3,(H2,21,28)(H2,22,29)(H,23,24)(H,25,32)(H,26,30)(H,27,31)(H,33,34). The van der Waals surface area contributed by atoms with Crippen LogP contribution in [0.2, 0.25) is 0 Å². The predicted octanol–water partition coefficient (Wildman–Crippen LogP) is -3.63. The zero-order valence-electron chi connectivity index (χ0n) is 18.6. The number of aliphatic carboxylic acids is 1. The first-order valence-corrected chi connectivity index (χ1v) is 10.3. The largest absolute Gasteiger partial charge is 0.480 e. The molecule has 0 fully saturated rings. The van der Waals surface area contributed by atoms with Crippen molar-refractivity contribution in [2.75, 3.05) is 0 Å². The molecule has 0 saturated heterocycles. The summed E-state index contributed by atoms with van der Waals surface area (Å²) in [5.41, 5.74) is 16.3. The summed E-state index contributed by atoms with van der Waals surface area (Å²) < 4.78 is 0. The lowest BCUT2D eigenvalue weighted by atomic mass is 10.1. The summed E-state index contributed by atoms with van der Waals surface area (Å²) in [6, 6.07) is -4.85. The highest BCUT2D eigenvalue weighted by atomic mass is 16.4.